The van der Waals surface area contributed by atoms with Gasteiger partial charge in [0, 0.05) is 12.8 Å². The van der Waals surface area contributed by atoms with Crippen molar-refractivity contribution >= 4 is 41.4 Å². The van der Waals surface area contributed by atoms with Gasteiger partial charge in [0.15, 0.2) is 0 Å². The molecule has 0 aliphatic rings. The van der Waals surface area contributed by atoms with Crippen LogP contribution in [0.3, 0.4) is 0 Å². The van der Waals surface area contributed by atoms with Crippen LogP contribution >= 0.6 is 0 Å². The van der Waals surface area contributed by atoms with E-state index in [-0.39, 0.29) is 38.6 Å². The molecule has 222 valence electrons. The molecule has 0 aliphatic carbocycles. The fourth-order valence-corrected chi connectivity index (χ4v) is 3.14. The zero-order chi connectivity index (χ0) is 30.1. The van der Waals surface area contributed by atoms with E-state index in [1.165, 1.54) is 6.92 Å². The van der Waals surface area contributed by atoms with Gasteiger partial charge in [0.2, 0.25) is 35.4 Å². The van der Waals surface area contributed by atoms with Crippen molar-refractivity contribution in [3.63, 3.8) is 0 Å². The van der Waals surface area contributed by atoms with E-state index in [4.69, 9.17) is 28.0 Å². The molecule has 0 aromatic rings. The summed E-state index contributed by atoms with van der Waals surface area (Å²) in [6, 6.07) is -6.63. The van der Waals surface area contributed by atoms with E-state index in [1.807, 2.05) is 0 Å². The third kappa shape index (κ3) is 14.6. The van der Waals surface area contributed by atoms with Gasteiger partial charge < -0.3 is 54.4 Å². The molecule has 14 N–H and O–H groups in total. The fourth-order valence-electron chi connectivity index (χ4n) is 3.14. The van der Waals surface area contributed by atoms with Gasteiger partial charge in [0.1, 0.15) is 24.2 Å². The molecular formula is C22H40N8O9. The molecular weight excluding hydrogens is 520 g/mol. The molecule has 0 bridgehead atoms. The van der Waals surface area contributed by atoms with Crippen LogP contribution in [0, 0.1) is 0 Å². The van der Waals surface area contributed by atoms with Crippen LogP contribution in [0.1, 0.15) is 51.9 Å². The molecule has 0 radical (unpaired) electrons. The number of carbonyl (C=O) groups is 7. The number of carboxylic acids is 1. The Labute approximate surface area is 225 Å². The number of nitrogens with one attached hydrogen (secondary N) is 4. The van der Waals surface area contributed by atoms with Crippen molar-refractivity contribution in [1.82, 2.24) is 21.3 Å². The number of amides is 6. The van der Waals surface area contributed by atoms with Gasteiger partial charge in [0.05, 0.1) is 12.6 Å². The number of hydrogen-bond acceptors (Lipinski definition) is 10. The molecule has 6 amide bonds. The lowest BCUT2D eigenvalue weighted by atomic mass is 10.0. The second kappa shape index (κ2) is 18.4. The number of aliphatic hydroxyl groups excluding tert-OH is 1. The number of aliphatic hydroxyl groups is 1. The first-order valence-corrected chi connectivity index (χ1v) is 12.3. The summed E-state index contributed by atoms with van der Waals surface area (Å²) in [6.45, 7) is 0.609. The van der Waals surface area contributed by atoms with E-state index in [2.05, 4.69) is 21.3 Å². The minimum atomic E-state index is -1.53. The molecule has 39 heavy (non-hydrogen) atoms. The molecule has 0 fully saturated rings. The van der Waals surface area contributed by atoms with E-state index < -0.39 is 78.2 Å². The predicted octanol–water partition coefficient (Wildman–Crippen LogP) is -4.99. The first-order chi connectivity index (χ1) is 18.2. The van der Waals surface area contributed by atoms with Crippen molar-refractivity contribution in [2.75, 3.05) is 13.2 Å². The number of unbranched alkanes of at least 4 members (excludes halogenated alkanes) is 1. The Morgan fingerprint density at radius 2 is 1.15 bits per heavy atom. The van der Waals surface area contributed by atoms with Crippen molar-refractivity contribution in [3.05, 3.63) is 0 Å². The predicted molar refractivity (Wildman–Crippen MR) is 136 cm³/mol. The lowest BCUT2D eigenvalue weighted by Gasteiger charge is -2.25. The molecule has 0 aromatic carbocycles. The number of nitrogens with two attached hydrogens (primary N) is 4. The molecule has 0 aromatic heterocycles. The average Bonchev–Trinajstić information content (AvgIpc) is 2.86. The maximum atomic E-state index is 13.0. The van der Waals surface area contributed by atoms with Crippen molar-refractivity contribution in [2.45, 2.75) is 82.1 Å². The Hall–Kier alpha value is -3.83. The summed E-state index contributed by atoms with van der Waals surface area (Å²) in [5, 5.41) is 27.7. The number of carbonyl (C=O) groups excluding carboxylic acids is 6. The van der Waals surface area contributed by atoms with Gasteiger partial charge >= 0.3 is 5.97 Å². The number of rotatable bonds is 20. The highest BCUT2D eigenvalue weighted by atomic mass is 16.4. The number of aliphatic carboxylic acids is 1. The zero-order valence-electron chi connectivity index (χ0n) is 21.8. The standard InChI is InChI=1S/C22H40N8O9/c1-11(22(38)39)27-21(37)15(10-31)30-19(35)13(4-2-3-9-23)29-20(36)14(6-8-17(26)33)28-18(34)12(24)5-7-16(25)32/h11-15,31H,2-10,23-24H2,1H3,(H2,25,32)(H2,26,33)(H,27,37)(H,28,34)(H,29,36)(H,30,35)(H,38,39)/t11-,12-,13-,14-,15-/m0/s1. The third-order valence-electron chi connectivity index (χ3n) is 5.48. The summed E-state index contributed by atoms with van der Waals surface area (Å²) in [6.07, 6.45) is 0.0957. The summed E-state index contributed by atoms with van der Waals surface area (Å²) in [5.41, 5.74) is 21.4. The Morgan fingerprint density at radius 1 is 0.692 bits per heavy atom. The maximum absolute atomic E-state index is 13.0. The summed E-state index contributed by atoms with van der Waals surface area (Å²) in [4.78, 5) is 84.0. The Morgan fingerprint density at radius 3 is 1.64 bits per heavy atom. The van der Waals surface area contributed by atoms with E-state index in [0.29, 0.717) is 12.8 Å². The molecule has 5 atom stereocenters. The van der Waals surface area contributed by atoms with Gasteiger partial charge in [-0.15, -0.1) is 0 Å². The second-order valence-corrected chi connectivity index (χ2v) is 8.84. The van der Waals surface area contributed by atoms with Crippen LogP contribution in [0.5, 0.6) is 0 Å². The van der Waals surface area contributed by atoms with Gasteiger partial charge in [-0.25, -0.2) is 0 Å². The lowest BCUT2D eigenvalue weighted by Crippen LogP contribution is -2.59. The number of primary amides is 2. The van der Waals surface area contributed by atoms with E-state index in [1.54, 1.807) is 0 Å². The Kier molecular flexibility index (Phi) is 16.6. The zero-order valence-corrected chi connectivity index (χ0v) is 21.8. The quantitative estimate of drug-likeness (QED) is 0.0628. The lowest BCUT2D eigenvalue weighted by molar-refractivity contribution is -0.142. The van der Waals surface area contributed by atoms with Crippen LogP contribution in [0.2, 0.25) is 0 Å². The molecule has 17 nitrogen and oxygen atoms in total. The van der Waals surface area contributed by atoms with Crippen LogP contribution in [0.25, 0.3) is 0 Å². The topological polar surface area (TPSA) is 312 Å². The highest BCUT2D eigenvalue weighted by Crippen LogP contribution is 2.06. The molecule has 0 spiro atoms. The van der Waals surface area contributed by atoms with Crippen molar-refractivity contribution in [1.29, 1.82) is 0 Å². The summed E-state index contributed by atoms with van der Waals surface area (Å²) >= 11 is 0. The minimum absolute atomic E-state index is 0.0503. The SMILES string of the molecule is C[C@H](NC(=O)[C@H](CO)NC(=O)[C@H](CCCCN)NC(=O)[C@H](CCC(N)=O)NC(=O)[C@@H](N)CCC(N)=O)C(=O)O. The molecule has 17 heteroatoms. The smallest absolute Gasteiger partial charge is 0.325 e. The summed E-state index contributed by atoms with van der Waals surface area (Å²) < 4.78 is 0. The van der Waals surface area contributed by atoms with Crippen LogP contribution < -0.4 is 44.2 Å². The van der Waals surface area contributed by atoms with Crippen molar-refractivity contribution < 1.29 is 43.8 Å². The highest BCUT2D eigenvalue weighted by Gasteiger charge is 2.31. The van der Waals surface area contributed by atoms with Gasteiger partial charge in [-0.05, 0) is 45.6 Å². The molecule has 0 saturated heterocycles. The molecule has 0 saturated carbocycles. The number of hydrogen-bond donors (Lipinski definition) is 10. The Balaban J connectivity index is 5.64. The summed E-state index contributed by atoms with van der Waals surface area (Å²) in [7, 11) is 0. The van der Waals surface area contributed by atoms with E-state index in [9.17, 15) is 38.7 Å². The molecule has 0 heterocycles. The number of carboxylic acid groups (broad SMARTS) is 1. The van der Waals surface area contributed by atoms with Gasteiger partial charge in [-0.2, -0.15) is 0 Å². The third-order valence-corrected chi connectivity index (χ3v) is 5.48. The Bertz CT molecular complexity index is 886. The van der Waals surface area contributed by atoms with Gasteiger partial charge in [-0.3, -0.25) is 33.6 Å². The highest BCUT2D eigenvalue weighted by molar-refractivity contribution is 5.95. The fraction of sp³-hybridized carbons (Fsp3) is 0.682. The monoisotopic (exact) mass is 560 g/mol. The van der Waals surface area contributed by atoms with Crippen LogP contribution in [0.4, 0.5) is 0 Å². The summed E-state index contributed by atoms with van der Waals surface area (Å²) in [5.74, 6) is -6.31. The van der Waals surface area contributed by atoms with Crippen molar-refractivity contribution in [3.8, 4) is 0 Å². The van der Waals surface area contributed by atoms with Crippen LogP contribution in [-0.2, 0) is 33.6 Å². The van der Waals surface area contributed by atoms with Crippen molar-refractivity contribution in [2.24, 2.45) is 22.9 Å². The molecule has 0 rings (SSSR count). The maximum Gasteiger partial charge on any atom is 0.325 e. The molecule has 0 aliphatic heterocycles. The van der Waals surface area contributed by atoms with E-state index in [0.717, 1.165) is 0 Å². The van der Waals surface area contributed by atoms with Crippen LogP contribution in [-0.4, -0.2) is 95.0 Å². The first-order valence-electron chi connectivity index (χ1n) is 12.3. The minimum Gasteiger partial charge on any atom is -0.480 e. The largest absolute Gasteiger partial charge is 0.480 e. The normalized spacial score (nSPS) is 14.6. The molecule has 0 unspecified atom stereocenters. The second-order valence-electron chi connectivity index (χ2n) is 8.84. The van der Waals surface area contributed by atoms with Gasteiger partial charge in [0.25, 0.3) is 0 Å². The first kappa shape index (κ1) is 35.2. The van der Waals surface area contributed by atoms with Gasteiger partial charge in [-0.1, -0.05) is 0 Å². The van der Waals surface area contributed by atoms with Crippen LogP contribution in [0.15, 0.2) is 0 Å². The average molecular weight is 561 g/mol. The van der Waals surface area contributed by atoms with E-state index >= 15 is 0 Å².